The molecule has 0 bridgehead atoms. The molecule has 0 aromatic heterocycles. The number of nitrogens with one attached hydrogen (secondary N) is 1. The molecule has 0 aliphatic carbocycles. The molecule has 1 unspecified atom stereocenters. The summed E-state index contributed by atoms with van der Waals surface area (Å²) >= 11 is 0. The minimum atomic E-state index is -4.25. The highest BCUT2D eigenvalue weighted by molar-refractivity contribution is 5.77. The second kappa shape index (κ2) is 15.9. The van der Waals surface area contributed by atoms with Crippen LogP contribution in [0, 0.1) is 0 Å². The van der Waals surface area contributed by atoms with Crippen LogP contribution in [0.5, 0.6) is 0 Å². The van der Waals surface area contributed by atoms with Gasteiger partial charge in [0.15, 0.2) is 0 Å². The summed E-state index contributed by atoms with van der Waals surface area (Å²) in [6.45, 7) is 12.9. The van der Waals surface area contributed by atoms with Crippen molar-refractivity contribution in [1.82, 2.24) is 5.32 Å². The summed E-state index contributed by atoms with van der Waals surface area (Å²) in [6, 6.07) is 5.68. The predicted octanol–water partition coefficient (Wildman–Crippen LogP) is 6.43. The molecule has 0 amide bonds. The average molecular weight is 376 g/mol. The first-order chi connectivity index (χ1) is 12.2. The van der Waals surface area contributed by atoms with Crippen molar-refractivity contribution in [2.24, 2.45) is 0 Å². The van der Waals surface area contributed by atoms with Crippen molar-refractivity contribution in [3.63, 3.8) is 0 Å². The topological polar surface area (TPSA) is 29.1 Å². The molecule has 0 spiro atoms. The monoisotopic (exact) mass is 375 g/mol. The second-order valence-electron chi connectivity index (χ2n) is 6.11. The van der Waals surface area contributed by atoms with Crippen molar-refractivity contribution < 1.29 is 18.0 Å². The minimum Gasteiger partial charge on any atom is -0.314 e. The van der Waals surface area contributed by atoms with E-state index in [9.17, 15) is 18.0 Å². The number of alkyl halides is 3. The van der Waals surface area contributed by atoms with Crippen molar-refractivity contribution in [1.29, 1.82) is 0 Å². The summed E-state index contributed by atoms with van der Waals surface area (Å²) in [4.78, 5) is 10.2. The third kappa shape index (κ3) is 14.9. The van der Waals surface area contributed by atoms with Crippen LogP contribution in [0.2, 0.25) is 0 Å². The molecular weight excluding hydrogens is 339 g/mol. The van der Waals surface area contributed by atoms with E-state index in [4.69, 9.17) is 0 Å². The van der Waals surface area contributed by atoms with Gasteiger partial charge in [-0.05, 0) is 31.5 Å². The normalized spacial score (nSPS) is 11.6. The first-order valence-corrected chi connectivity index (χ1v) is 9.57. The summed E-state index contributed by atoms with van der Waals surface area (Å²) in [7, 11) is 0. The maximum atomic E-state index is 12.4. The highest BCUT2D eigenvalue weighted by Crippen LogP contribution is 2.29. The summed E-state index contributed by atoms with van der Waals surface area (Å²) in [5.74, 6) is 0.343. The number of halogens is 3. The molecule has 0 heterocycles. The number of carbonyl (C=O) groups is 1. The van der Waals surface area contributed by atoms with Gasteiger partial charge >= 0.3 is 6.18 Å². The molecule has 1 atom stereocenters. The Morgan fingerprint density at radius 1 is 1.04 bits per heavy atom. The first-order valence-electron chi connectivity index (χ1n) is 9.57. The van der Waals surface area contributed by atoms with Gasteiger partial charge in [-0.15, -0.1) is 0 Å². The number of benzene rings is 1. The summed E-state index contributed by atoms with van der Waals surface area (Å²) in [6.07, 6.45) is 0.377. The van der Waals surface area contributed by atoms with Crippen molar-refractivity contribution in [3.05, 3.63) is 35.4 Å². The highest BCUT2D eigenvalue weighted by Gasteiger charge is 2.30. The zero-order valence-electron chi connectivity index (χ0n) is 17.2. The van der Waals surface area contributed by atoms with Gasteiger partial charge in [-0.1, -0.05) is 65.7 Å². The number of carbonyl (C=O) groups excluding carboxylic acids is 1. The number of rotatable bonds is 7. The van der Waals surface area contributed by atoms with Crippen LogP contribution in [-0.2, 0) is 17.4 Å². The van der Waals surface area contributed by atoms with Crippen molar-refractivity contribution in [2.45, 2.75) is 85.9 Å². The molecule has 0 saturated heterocycles. The molecular formula is C21H36F3NO. The Balaban J connectivity index is 0. The fourth-order valence-corrected chi connectivity index (χ4v) is 1.90. The fraction of sp³-hybridized carbons (Fsp3) is 0.667. The van der Waals surface area contributed by atoms with Crippen LogP contribution in [0.15, 0.2) is 24.3 Å². The van der Waals surface area contributed by atoms with Crippen LogP contribution < -0.4 is 5.32 Å². The van der Waals surface area contributed by atoms with Crippen molar-refractivity contribution in [3.8, 4) is 0 Å². The van der Waals surface area contributed by atoms with Crippen LogP contribution in [0.1, 0.15) is 78.4 Å². The molecule has 152 valence electrons. The third-order valence-corrected chi connectivity index (χ3v) is 3.64. The minimum absolute atomic E-state index is 0.188. The first kappa shape index (κ1) is 26.9. The van der Waals surface area contributed by atoms with Crippen LogP contribution in [0.3, 0.4) is 0 Å². The van der Waals surface area contributed by atoms with Crippen LogP contribution in [-0.4, -0.2) is 18.4 Å². The fourth-order valence-electron chi connectivity index (χ4n) is 1.90. The number of unbranched alkanes of at least 4 members (excludes halogenated alkanes) is 1. The molecule has 1 aromatic carbocycles. The Kier molecular flexibility index (Phi) is 16.4. The second-order valence-corrected chi connectivity index (χ2v) is 6.11. The van der Waals surface area contributed by atoms with E-state index in [-0.39, 0.29) is 6.04 Å². The van der Waals surface area contributed by atoms with Gasteiger partial charge < -0.3 is 5.32 Å². The third-order valence-electron chi connectivity index (χ3n) is 3.64. The Morgan fingerprint density at radius 3 is 1.92 bits per heavy atom. The van der Waals surface area contributed by atoms with Crippen LogP contribution in [0.25, 0.3) is 0 Å². The quantitative estimate of drug-likeness (QED) is 0.595. The SMILES string of the molecule is CCC(=O)CC.CCCC.CCNC(C)Cc1cccc(C(F)(F)F)c1. The lowest BCUT2D eigenvalue weighted by Gasteiger charge is -2.13. The van der Waals surface area contributed by atoms with Gasteiger partial charge in [0, 0.05) is 18.9 Å². The Labute approximate surface area is 157 Å². The molecule has 0 fully saturated rings. The number of Topliss-reactive ketones (excluding diaryl/α,β-unsaturated/α-hetero) is 1. The van der Waals surface area contributed by atoms with E-state index in [2.05, 4.69) is 19.2 Å². The lowest BCUT2D eigenvalue weighted by molar-refractivity contribution is -0.137. The Hall–Kier alpha value is -1.36. The maximum absolute atomic E-state index is 12.4. The number of likely N-dealkylation sites (N-methyl/N-ethyl adjacent to an activating group) is 1. The standard InChI is InChI=1S/C12H16F3N.C5H10O.C4H10/c1-3-16-9(2)7-10-5-4-6-11(8-10)12(13,14)15;1-3-5(6)4-2;1-3-4-2/h4-6,8-9,16H,3,7H2,1-2H3;3-4H2,1-2H3;3-4H2,1-2H3. The predicted molar refractivity (Wildman–Crippen MR) is 104 cm³/mol. The number of ketones is 1. The summed E-state index contributed by atoms with van der Waals surface area (Å²) in [5.41, 5.74) is 0.136. The van der Waals surface area contributed by atoms with E-state index in [1.807, 2.05) is 27.7 Å². The van der Waals surface area contributed by atoms with Crippen molar-refractivity contribution in [2.75, 3.05) is 6.54 Å². The molecule has 0 aliphatic rings. The molecule has 1 N–H and O–H groups in total. The highest BCUT2D eigenvalue weighted by atomic mass is 19.4. The molecule has 0 saturated carbocycles. The Bertz CT molecular complexity index is 465. The van der Waals surface area contributed by atoms with E-state index in [1.165, 1.54) is 25.0 Å². The van der Waals surface area contributed by atoms with Gasteiger partial charge in [-0.3, -0.25) is 4.79 Å². The van der Waals surface area contributed by atoms with E-state index < -0.39 is 11.7 Å². The van der Waals surface area contributed by atoms with Crippen LogP contribution in [0.4, 0.5) is 13.2 Å². The van der Waals surface area contributed by atoms with E-state index in [0.29, 0.717) is 30.6 Å². The molecule has 1 rings (SSSR count). The largest absolute Gasteiger partial charge is 0.416 e. The van der Waals surface area contributed by atoms with Gasteiger partial charge in [0.1, 0.15) is 5.78 Å². The van der Waals surface area contributed by atoms with Gasteiger partial charge in [-0.25, -0.2) is 0 Å². The van der Waals surface area contributed by atoms with Crippen LogP contribution >= 0.6 is 0 Å². The average Bonchev–Trinajstić information content (AvgIpc) is 2.61. The molecule has 26 heavy (non-hydrogen) atoms. The molecule has 1 aromatic rings. The molecule has 5 heteroatoms. The number of hydrogen-bond donors (Lipinski definition) is 1. The van der Waals surface area contributed by atoms with E-state index >= 15 is 0 Å². The molecule has 0 radical (unpaired) electrons. The smallest absolute Gasteiger partial charge is 0.314 e. The summed E-state index contributed by atoms with van der Waals surface area (Å²) < 4.78 is 37.3. The zero-order valence-corrected chi connectivity index (χ0v) is 17.2. The number of hydrogen-bond acceptors (Lipinski definition) is 2. The Morgan fingerprint density at radius 2 is 1.58 bits per heavy atom. The van der Waals surface area contributed by atoms with Gasteiger partial charge in [0.2, 0.25) is 0 Å². The van der Waals surface area contributed by atoms with Crippen molar-refractivity contribution >= 4 is 5.78 Å². The van der Waals surface area contributed by atoms with Gasteiger partial charge in [-0.2, -0.15) is 13.2 Å². The lowest BCUT2D eigenvalue weighted by atomic mass is 10.0. The van der Waals surface area contributed by atoms with Gasteiger partial charge in [0.25, 0.3) is 0 Å². The molecule has 0 aliphatic heterocycles. The van der Waals surface area contributed by atoms with E-state index in [0.717, 1.165) is 12.6 Å². The maximum Gasteiger partial charge on any atom is 0.416 e. The zero-order chi connectivity index (χ0) is 20.6. The van der Waals surface area contributed by atoms with E-state index in [1.54, 1.807) is 6.07 Å². The molecule has 2 nitrogen and oxygen atoms in total. The lowest BCUT2D eigenvalue weighted by Crippen LogP contribution is -2.27. The summed E-state index contributed by atoms with van der Waals surface area (Å²) in [5, 5.41) is 3.17. The van der Waals surface area contributed by atoms with Gasteiger partial charge in [0.05, 0.1) is 5.56 Å².